The van der Waals surface area contributed by atoms with E-state index in [4.69, 9.17) is 9.47 Å². The molecule has 0 atom stereocenters. The van der Waals surface area contributed by atoms with Crippen LogP contribution in [0.3, 0.4) is 0 Å². The highest BCUT2D eigenvalue weighted by Gasteiger charge is 2.12. The molecule has 1 aromatic carbocycles. The first-order valence-corrected chi connectivity index (χ1v) is 7.68. The second-order valence-electron chi connectivity index (χ2n) is 5.35. The molecule has 0 saturated carbocycles. The molecule has 1 aromatic heterocycles. The minimum absolute atomic E-state index is 0.0390. The third kappa shape index (κ3) is 4.25. The summed E-state index contributed by atoms with van der Waals surface area (Å²) in [7, 11) is 1.37. The summed E-state index contributed by atoms with van der Waals surface area (Å²) in [5.41, 5.74) is 1.22. The fourth-order valence-corrected chi connectivity index (χ4v) is 2.24. The quantitative estimate of drug-likeness (QED) is 0.795. The van der Waals surface area contributed by atoms with Crippen LogP contribution in [-0.4, -0.2) is 28.7 Å². The van der Waals surface area contributed by atoms with Gasteiger partial charge in [0.25, 0.3) is 0 Å². The molecule has 23 heavy (non-hydrogen) atoms. The number of anilines is 1. The Balaban J connectivity index is 2.23. The molecular weight excluding hydrogens is 294 g/mol. The van der Waals surface area contributed by atoms with Crippen molar-refractivity contribution >= 4 is 11.7 Å². The number of carbonyl (C=O) groups is 1. The average Bonchev–Trinajstić information content (AvgIpc) is 3.00. The van der Waals surface area contributed by atoms with Crippen molar-refractivity contribution in [1.82, 2.24) is 9.55 Å². The number of aryl methyl sites for hydroxylation is 1. The van der Waals surface area contributed by atoms with Crippen molar-refractivity contribution in [2.45, 2.75) is 40.0 Å². The summed E-state index contributed by atoms with van der Waals surface area (Å²) < 4.78 is 12.6. The molecule has 0 saturated heterocycles. The normalized spacial score (nSPS) is 10.7. The van der Waals surface area contributed by atoms with Gasteiger partial charge in [-0.15, -0.1) is 0 Å². The van der Waals surface area contributed by atoms with Gasteiger partial charge in [0.1, 0.15) is 11.6 Å². The van der Waals surface area contributed by atoms with Gasteiger partial charge in [-0.1, -0.05) is 0 Å². The topological polar surface area (TPSA) is 65.4 Å². The molecule has 0 fully saturated rings. The van der Waals surface area contributed by atoms with E-state index < -0.39 is 0 Å². The summed E-state index contributed by atoms with van der Waals surface area (Å²) >= 11 is 0. The Hall–Kier alpha value is -2.50. The fourth-order valence-electron chi connectivity index (χ4n) is 2.24. The van der Waals surface area contributed by atoms with E-state index >= 15 is 0 Å². The molecule has 0 aliphatic heterocycles. The van der Waals surface area contributed by atoms with Crippen LogP contribution in [0.15, 0.2) is 30.6 Å². The van der Waals surface area contributed by atoms with Gasteiger partial charge in [0.05, 0.1) is 31.0 Å². The molecule has 0 spiro atoms. The molecule has 0 amide bonds. The maximum atomic E-state index is 11.7. The molecule has 6 nitrogen and oxygen atoms in total. The van der Waals surface area contributed by atoms with Crippen LogP contribution in [0.2, 0.25) is 0 Å². The minimum atomic E-state index is -0.376. The number of rotatable bonds is 7. The van der Waals surface area contributed by atoms with Gasteiger partial charge in [0.2, 0.25) is 0 Å². The van der Waals surface area contributed by atoms with Crippen molar-refractivity contribution in [3.8, 4) is 5.75 Å². The summed E-state index contributed by atoms with van der Waals surface area (Å²) in [5, 5.41) is 3.30. The largest absolute Gasteiger partial charge is 0.489 e. The van der Waals surface area contributed by atoms with E-state index in [-0.39, 0.29) is 12.1 Å². The minimum Gasteiger partial charge on any atom is -0.489 e. The maximum Gasteiger partial charge on any atom is 0.337 e. The molecule has 2 aromatic rings. The number of ether oxygens (including phenoxy) is 2. The summed E-state index contributed by atoms with van der Waals surface area (Å²) in [6, 6.07) is 5.21. The zero-order chi connectivity index (χ0) is 16.8. The molecule has 1 heterocycles. The monoisotopic (exact) mass is 317 g/mol. The van der Waals surface area contributed by atoms with Crippen LogP contribution in [0.25, 0.3) is 0 Å². The van der Waals surface area contributed by atoms with Crippen LogP contribution in [-0.2, 0) is 17.8 Å². The Morgan fingerprint density at radius 1 is 1.39 bits per heavy atom. The number of nitrogens with one attached hydrogen (secondary N) is 1. The van der Waals surface area contributed by atoms with Crippen LogP contribution in [0.1, 0.15) is 37.0 Å². The predicted octanol–water partition coefficient (Wildman–Crippen LogP) is 3.09. The highest BCUT2D eigenvalue weighted by atomic mass is 16.5. The zero-order valence-corrected chi connectivity index (χ0v) is 14.0. The van der Waals surface area contributed by atoms with Crippen molar-refractivity contribution in [2.75, 3.05) is 12.4 Å². The lowest BCUT2D eigenvalue weighted by atomic mass is 10.2. The number of nitrogens with zero attached hydrogens (tertiary/aromatic N) is 2. The van der Waals surface area contributed by atoms with E-state index in [1.807, 2.05) is 20.0 Å². The van der Waals surface area contributed by atoms with Gasteiger partial charge < -0.3 is 19.4 Å². The first kappa shape index (κ1) is 16.9. The van der Waals surface area contributed by atoms with E-state index in [0.29, 0.717) is 17.9 Å². The molecule has 2 rings (SSSR count). The van der Waals surface area contributed by atoms with Gasteiger partial charge in [0, 0.05) is 18.9 Å². The Bertz CT molecular complexity index is 665. The Kier molecular flexibility index (Phi) is 5.62. The van der Waals surface area contributed by atoms with Crippen LogP contribution in [0, 0.1) is 0 Å². The Labute approximate surface area is 136 Å². The SMILES string of the molecule is CCn1ccnc1CNc1cc(C(=O)OC)ccc1OC(C)C. The highest BCUT2D eigenvalue weighted by molar-refractivity contribution is 5.91. The van der Waals surface area contributed by atoms with Crippen LogP contribution >= 0.6 is 0 Å². The molecule has 1 N–H and O–H groups in total. The van der Waals surface area contributed by atoms with E-state index in [9.17, 15) is 4.79 Å². The number of carbonyl (C=O) groups excluding carboxylic acids is 1. The molecule has 0 aliphatic rings. The number of aromatic nitrogens is 2. The summed E-state index contributed by atoms with van der Waals surface area (Å²) in [5.74, 6) is 1.24. The smallest absolute Gasteiger partial charge is 0.337 e. The Morgan fingerprint density at radius 3 is 2.83 bits per heavy atom. The lowest BCUT2D eigenvalue weighted by molar-refractivity contribution is 0.0601. The van der Waals surface area contributed by atoms with Gasteiger partial charge in [-0.25, -0.2) is 9.78 Å². The standard InChI is InChI=1S/C17H23N3O3/c1-5-20-9-8-18-16(20)11-19-14-10-13(17(21)22-4)6-7-15(14)23-12(2)3/h6-10,12,19H,5,11H2,1-4H3. The van der Waals surface area contributed by atoms with Crippen LogP contribution < -0.4 is 10.1 Å². The molecular formula is C17H23N3O3. The number of benzene rings is 1. The van der Waals surface area contributed by atoms with E-state index in [1.165, 1.54) is 7.11 Å². The van der Waals surface area contributed by atoms with Crippen molar-refractivity contribution in [3.05, 3.63) is 42.0 Å². The number of hydrogen-bond donors (Lipinski definition) is 1. The second-order valence-corrected chi connectivity index (χ2v) is 5.35. The lowest BCUT2D eigenvalue weighted by Gasteiger charge is -2.16. The third-order valence-corrected chi connectivity index (χ3v) is 3.34. The van der Waals surface area contributed by atoms with Gasteiger partial charge in [-0.2, -0.15) is 0 Å². The number of methoxy groups -OCH3 is 1. The van der Waals surface area contributed by atoms with Gasteiger partial charge >= 0.3 is 5.97 Å². The van der Waals surface area contributed by atoms with Crippen LogP contribution in [0.4, 0.5) is 5.69 Å². The first-order valence-electron chi connectivity index (χ1n) is 7.68. The zero-order valence-electron chi connectivity index (χ0n) is 14.0. The second kappa shape index (κ2) is 7.67. The van der Waals surface area contributed by atoms with Crippen molar-refractivity contribution in [2.24, 2.45) is 0 Å². The summed E-state index contributed by atoms with van der Waals surface area (Å²) in [6.45, 7) is 7.38. The average molecular weight is 317 g/mol. The van der Waals surface area contributed by atoms with E-state index in [0.717, 1.165) is 18.1 Å². The molecule has 0 radical (unpaired) electrons. The highest BCUT2D eigenvalue weighted by Crippen LogP contribution is 2.27. The van der Waals surface area contributed by atoms with Crippen LogP contribution in [0.5, 0.6) is 5.75 Å². The Morgan fingerprint density at radius 2 is 2.17 bits per heavy atom. The maximum absolute atomic E-state index is 11.7. The predicted molar refractivity (Wildman–Crippen MR) is 88.8 cm³/mol. The number of hydrogen-bond acceptors (Lipinski definition) is 5. The van der Waals surface area contributed by atoms with Gasteiger partial charge in [0.15, 0.2) is 0 Å². The number of imidazole rings is 1. The van der Waals surface area contributed by atoms with Gasteiger partial charge in [-0.05, 0) is 39.0 Å². The van der Waals surface area contributed by atoms with Crippen molar-refractivity contribution < 1.29 is 14.3 Å². The van der Waals surface area contributed by atoms with Crippen molar-refractivity contribution in [3.63, 3.8) is 0 Å². The molecule has 0 aliphatic carbocycles. The molecule has 124 valence electrons. The molecule has 6 heteroatoms. The number of esters is 1. The summed E-state index contributed by atoms with van der Waals surface area (Å²) in [4.78, 5) is 16.1. The molecule has 0 unspecified atom stereocenters. The first-order chi connectivity index (χ1) is 11.0. The fraction of sp³-hybridized carbons (Fsp3) is 0.412. The van der Waals surface area contributed by atoms with E-state index in [2.05, 4.69) is 21.8 Å². The van der Waals surface area contributed by atoms with Gasteiger partial charge in [-0.3, -0.25) is 0 Å². The van der Waals surface area contributed by atoms with E-state index in [1.54, 1.807) is 24.4 Å². The lowest BCUT2D eigenvalue weighted by Crippen LogP contribution is -2.12. The third-order valence-electron chi connectivity index (χ3n) is 3.34. The van der Waals surface area contributed by atoms with Crippen molar-refractivity contribution in [1.29, 1.82) is 0 Å². The summed E-state index contributed by atoms with van der Waals surface area (Å²) in [6.07, 6.45) is 3.75. The molecule has 0 bridgehead atoms.